The Kier molecular flexibility index (Phi) is 4.62. The molecule has 0 aliphatic carbocycles. The molecule has 0 aliphatic rings. The zero-order valence-corrected chi connectivity index (χ0v) is 12.5. The maximum Gasteiger partial charge on any atom is 0.201 e. The van der Waals surface area contributed by atoms with E-state index in [1.807, 2.05) is 18.4 Å². The number of aromatic hydroxyl groups is 4. The van der Waals surface area contributed by atoms with Crippen LogP contribution in [0.3, 0.4) is 0 Å². The van der Waals surface area contributed by atoms with Crippen molar-refractivity contribution in [3.05, 3.63) is 47.5 Å². The molecule has 0 atom stereocenters. The van der Waals surface area contributed by atoms with Gasteiger partial charge >= 0.3 is 0 Å². The second-order valence-electron chi connectivity index (χ2n) is 4.45. The molecular weight excluding hydrogens is 304 g/mol. The average Bonchev–Trinajstić information content (AvgIpc) is 2.52. The number of benzene rings is 2. The van der Waals surface area contributed by atoms with Crippen LogP contribution in [0.1, 0.15) is 15.9 Å². The molecule has 0 spiro atoms. The number of rotatable bonds is 4. The summed E-state index contributed by atoms with van der Waals surface area (Å²) in [6.45, 7) is 0. The summed E-state index contributed by atoms with van der Waals surface area (Å²) in [6, 6.07) is 7.85. The molecule has 2 aromatic carbocycles. The summed E-state index contributed by atoms with van der Waals surface area (Å²) in [6.07, 6.45) is 4.27. The molecule has 6 heteroatoms. The van der Waals surface area contributed by atoms with Crippen LogP contribution < -0.4 is 0 Å². The van der Waals surface area contributed by atoms with Gasteiger partial charge in [-0.15, -0.1) is 11.8 Å². The van der Waals surface area contributed by atoms with Crippen LogP contribution in [0, 0.1) is 0 Å². The minimum Gasteiger partial charge on any atom is -0.507 e. The molecule has 5 nitrogen and oxygen atoms in total. The zero-order valence-electron chi connectivity index (χ0n) is 11.6. The summed E-state index contributed by atoms with van der Waals surface area (Å²) in [5.74, 6) is -2.87. The van der Waals surface area contributed by atoms with Crippen LogP contribution >= 0.6 is 11.8 Å². The Balaban J connectivity index is 2.28. The van der Waals surface area contributed by atoms with Crippen LogP contribution in [0.5, 0.6) is 23.0 Å². The maximum atomic E-state index is 12.0. The molecule has 4 N–H and O–H groups in total. The molecule has 2 rings (SSSR count). The van der Waals surface area contributed by atoms with E-state index < -0.39 is 23.0 Å². The van der Waals surface area contributed by atoms with Crippen LogP contribution in [0.4, 0.5) is 0 Å². The molecule has 0 fully saturated rings. The van der Waals surface area contributed by atoms with Crippen LogP contribution in [-0.2, 0) is 0 Å². The van der Waals surface area contributed by atoms with Crippen molar-refractivity contribution < 1.29 is 25.2 Å². The van der Waals surface area contributed by atoms with E-state index in [2.05, 4.69) is 0 Å². The lowest BCUT2D eigenvalue weighted by molar-refractivity contribution is 0.104. The molecule has 2 aromatic rings. The molecule has 0 radical (unpaired) electrons. The van der Waals surface area contributed by atoms with Gasteiger partial charge in [0.1, 0.15) is 5.75 Å². The highest BCUT2D eigenvalue weighted by Crippen LogP contribution is 2.43. The Hall–Kier alpha value is -2.60. The van der Waals surface area contributed by atoms with Gasteiger partial charge in [0.15, 0.2) is 17.3 Å². The second kappa shape index (κ2) is 6.44. The van der Waals surface area contributed by atoms with Crippen molar-refractivity contribution in [2.45, 2.75) is 4.90 Å². The number of ketones is 1. The Morgan fingerprint density at radius 1 is 1.00 bits per heavy atom. The summed E-state index contributed by atoms with van der Waals surface area (Å²) in [7, 11) is 0. The van der Waals surface area contributed by atoms with Crippen LogP contribution in [0.25, 0.3) is 6.08 Å². The predicted molar refractivity (Wildman–Crippen MR) is 84.7 cm³/mol. The summed E-state index contributed by atoms with van der Waals surface area (Å²) in [4.78, 5) is 13.1. The number of hydrogen-bond acceptors (Lipinski definition) is 6. The van der Waals surface area contributed by atoms with E-state index in [0.717, 1.165) is 11.0 Å². The SMILES string of the molecule is CSc1ccc(C(=O)/C=C/c2c(O)cc(O)c(O)c2O)cc1. The Morgan fingerprint density at radius 2 is 1.64 bits per heavy atom. The van der Waals surface area contributed by atoms with Crippen molar-refractivity contribution in [3.63, 3.8) is 0 Å². The Morgan fingerprint density at radius 3 is 2.23 bits per heavy atom. The summed E-state index contributed by atoms with van der Waals surface area (Å²) < 4.78 is 0. The first-order valence-corrected chi connectivity index (χ1v) is 7.50. The number of hydrogen-bond donors (Lipinski definition) is 4. The third-order valence-corrected chi connectivity index (χ3v) is 3.79. The largest absolute Gasteiger partial charge is 0.507 e. The number of carbonyl (C=O) groups is 1. The Bertz CT molecular complexity index is 735. The van der Waals surface area contributed by atoms with E-state index in [1.165, 1.54) is 12.2 Å². The molecule has 0 aromatic heterocycles. The summed E-state index contributed by atoms with van der Waals surface area (Å²) in [5, 5.41) is 38.0. The van der Waals surface area contributed by atoms with Crippen molar-refractivity contribution in [1.82, 2.24) is 0 Å². The highest BCUT2D eigenvalue weighted by molar-refractivity contribution is 7.98. The van der Waals surface area contributed by atoms with E-state index in [0.29, 0.717) is 5.56 Å². The number of allylic oxidation sites excluding steroid dienone is 1. The van der Waals surface area contributed by atoms with Gasteiger partial charge in [-0.1, -0.05) is 0 Å². The van der Waals surface area contributed by atoms with Gasteiger partial charge in [-0.05, 0) is 42.7 Å². The minimum absolute atomic E-state index is 0.149. The van der Waals surface area contributed by atoms with Gasteiger partial charge in [0, 0.05) is 16.5 Å². The second-order valence-corrected chi connectivity index (χ2v) is 5.33. The number of carbonyl (C=O) groups excluding carboxylic acids is 1. The van der Waals surface area contributed by atoms with Crippen LogP contribution in [-0.4, -0.2) is 32.5 Å². The highest BCUT2D eigenvalue weighted by atomic mass is 32.2. The Labute approximate surface area is 131 Å². The van der Waals surface area contributed by atoms with Crippen molar-refractivity contribution in [2.75, 3.05) is 6.26 Å². The molecule has 0 aliphatic heterocycles. The van der Waals surface area contributed by atoms with E-state index in [4.69, 9.17) is 0 Å². The molecule has 0 saturated carbocycles. The van der Waals surface area contributed by atoms with Gasteiger partial charge in [-0.25, -0.2) is 0 Å². The first kappa shape index (κ1) is 15.8. The van der Waals surface area contributed by atoms with Crippen molar-refractivity contribution >= 4 is 23.6 Å². The molecule has 0 heterocycles. The lowest BCUT2D eigenvalue weighted by Gasteiger charge is -2.06. The smallest absolute Gasteiger partial charge is 0.201 e. The standard InChI is InChI=1S/C16H14O5S/c1-22-10-4-2-9(3-5-10)12(17)7-6-11-13(18)8-14(19)16(21)15(11)20/h2-8,18-21H,1H3/b7-6+. The van der Waals surface area contributed by atoms with Crippen molar-refractivity contribution in [3.8, 4) is 23.0 Å². The third-order valence-electron chi connectivity index (χ3n) is 3.05. The van der Waals surface area contributed by atoms with Gasteiger partial charge in [0.25, 0.3) is 0 Å². The van der Waals surface area contributed by atoms with Crippen molar-refractivity contribution in [1.29, 1.82) is 0 Å². The molecule has 0 saturated heterocycles. The third kappa shape index (κ3) is 3.17. The highest BCUT2D eigenvalue weighted by Gasteiger charge is 2.15. The average molecular weight is 318 g/mol. The maximum absolute atomic E-state index is 12.0. The first-order valence-electron chi connectivity index (χ1n) is 6.27. The molecule has 0 amide bonds. The molecule has 114 valence electrons. The van der Waals surface area contributed by atoms with Crippen LogP contribution in [0.15, 0.2) is 41.3 Å². The van der Waals surface area contributed by atoms with Gasteiger partial charge in [0.2, 0.25) is 5.75 Å². The van der Waals surface area contributed by atoms with E-state index >= 15 is 0 Å². The van der Waals surface area contributed by atoms with Crippen molar-refractivity contribution in [2.24, 2.45) is 0 Å². The van der Waals surface area contributed by atoms with Gasteiger partial charge in [-0.2, -0.15) is 0 Å². The van der Waals surface area contributed by atoms with Gasteiger partial charge in [0.05, 0.1) is 5.56 Å². The van der Waals surface area contributed by atoms with Gasteiger partial charge in [-0.3, -0.25) is 4.79 Å². The number of phenolic OH excluding ortho intramolecular Hbond substituents is 4. The normalized spacial score (nSPS) is 11.0. The van der Waals surface area contributed by atoms with E-state index in [1.54, 1.807) is 23.9 Å². The van der Waals surface area contributed by atoms with Gasteiger partial charge < -0.3 is 20.4 Å². The van der Waals surface area contributed by atoms with E-state index in [-0.39, 0.29) is 11.3 Å². The summed E-state index contributed by atoms with van der Waals surface area (Å²) in [5.41, 5.74) is 0.306. The minimum atomic E-state index is -0.755. The zero-order chi connectivity index (χ0) is 16.3. The molecule has 0 bridgehead atoms. The molecule has 0 unspecified atom stereocenters. The topological polar surface area (TPSA) is 98.0 Å². The van der Waals surface area contributed by atoms with Crippen LogP contribution in [0.2, 0.25) is 0 Å². The van der Waals surface area contributed by atoms with E-state index in [9.17, 15) is 25.2 Å². The predicted octanol–water partition coefficient (Wildman–Crippen LogP) is 3.13. The monoisotopic (exact) mass is 318 g/mol. The molecule has 22 heavy (non-hydrogen) atoms. The fraction of sp³-hybridized carbons (Fsp3) is 0.0625. The molecular formula is C16H14O5S. The number of phenols is 4. The quantitative estimate of drug-likeness (QED) is 0.227. The summed E-state index contributed by atoms with van der Waals surface area (Å²) >= 11 is 1.56. The lowest BCUT2D eigenvalue weighted by atomic mass is 10.1. The number of thioether (sulfide) groups is 1. The fourth-order valence-electron chi connectivity index (χ4n) is 1.82. The fourth-order valence-corrected chi connectivity index (χ4v) is 2.23. The lowest BCUT2D eigenvalue weighted by Crippen LogP contribution is -1.93. The first-order chi connectivity index (χ1) is 10.4.